The highest BCUT2D eigenvalue weighted by Crippen LogP contribution is 2.67. The molecule has 0 aromatic heterocycles. The topological polar surface area (TPSA) is 23.8 Å². The summed E-state index contributed by atoms with van der Waals surface area (Å²) in [6.07, 6.45) is 14.6. The fraction of sp³-hybridized carbons (Fsp3) is 0.864. The van der Waals surface area contributed by atoms with Crippen molar-refractivity contribution in [3.8, 4) is 6.07 Å². The molecule has 4 rings (SSSR count). The van der Waals surface area contributed by atoms with E-state index in [-0.39, 0.29) is 0 Å². The number of hydrogen-bond donors (Lipinski definition) is 0. The van der Waals surface area contributed by atoms with Gasteiger partial charge in [-0.25, -0.2) is 0 Å². The molecule has 4 fully saturated rings. The number of allylic oxidation sites excluding steroid dienone is 2. The summed E-state index contributed by atoms with van der Waals surface area (Å²) in [6.45, 7) is 7.64. The van der Waals surface area contributed by atoms with Gasteiger partial charge < -0.3 is 0 Å². The zero-order valence-corrected chi connectivity index (χ0v) is 15.3. The zero-order chi connectivity index (χ0) is 16.2. The number of fused-ring (bicyclic) bond motifs is 5. The van der Waals surface area contributed by atoms with Gasteiger partial charge in [0.25, 0.3) is 0 Å². The Kier molecular flexibility index (Phi) is 3.67. The summed E-state index contributed by atoms with van der Waals surface area (Å²) in [5.41, 5.74) is 2.44. The minimum atomic E-state index is 0.348. The van der Waals surface area contributed by atoms with Gasteiger partial charge in [-0.15, -0.1) is 0 Å². The van der Waals surface area contributed by atoms with Crippen LogP contribution in [0.1, 0.15) is 78.6 Å². The van der Waals surface area contributed by atoms with Crippen LogP contribution < -0.4 is 0 Å². The molecule has 0 heterocycles. The standard InChI is InChI=1S/C22H33N/c1-15-4-5-16-6-8-18-19-9-7-17(11-13-23)21(19,2)12-10-20(18)22(16,3)14-15/h11,15-16,18-20H,4-10,12,14H2,1-3H3/b17-11-/t15-,16+,18+,19?,20?,21-,22+/m1/s1. The molecule has 4 aliphatic rings. The Balaban J connectivity index is 1.65. The number of rotatable bonds is 0. The Bertz CT molecular complexity index is 555. The Morgan fingerprint density at radius 1 is 1.04 bits per heavy atom. The second kappa shape index (κ2) is 5.37. The summed E-state index contributed by atoms with van der Waals surface area (Å²) >= 11 is 0. The predicted octanol–water partition coefficient (Wildman–Crippen LogP) is 6.12. The molecule has 0 aliphatic heterocycles. The minimum absolute atomic E-state index is 0.348. The number of nitriles is 1. The van der Waals surface area contributed by atoms with Gasteiger partial charge in [0.05, 0.1) is 6.07 Å². The largest absolute Gasteiger partial charge is 0.193 e. The van der Waals surface area contributed by atoms with Gasteiger partial charge in [0.15, 0.2) is 0 Å². The monoisotopic (exact) mass is 311 g/mol. The molecule has 23 heavy (non-hydrogen) atoms. The third-order valence-electron chi connectivity index (χ3n) is 8.95. The maximum atomic E-state index is 9.16. The van der Waals surface area contributed by atoms with Crippen molar-refractivity contribution in [2.75, 3.05) is 0 Å². The fourth-order valence-electron chi connectivity index (χ4n) is 7.83. The lowest BCUT2D eigenvalue weighted by Crippen LogP contribution is -2.52. The van der Waals surface area contributed by atoms with Crippen LogP contribution in [0.3, 0.4) is 0 Å². The lowest BCUT2D eigenvalue weighted by Gasteiger charge is -2.60. The second-order valence-electron chi connectivity index (χ2n) is 9.84. The molecule has 1 heteroatoms. The molecule has 4 saturated carbocycles. The Hall–Kier alpha value is -0.770. The smallest absolute Gasteiger partial charge is 0.0911 e. The lowest BCUT2D eigenvalue weighted by atomic mass is 9.44. The maximum Gasteiger partial charge on any atom is 0.0911 e. The van der Waals surface area contributed by atoms with Crippen LogP contribution in [0.2, 0.25) is 0 Å². The molecule has 0 radical (unpaired) electrons. The first-order valence-electron chi connectivity index (χ1n) is 10.1. The minimum Gasteiger partial charge on any atom is -0.193 e. The molecule has 0 spiro atoms. The van der Waals surface area contributed by atoms with Crippen molar-refractivity contribution in [3.63, 3.8) is 0 Å². The van der Waals surface area contributed by atoms with Crippen molar-refractivity contribution in [3.05, 3.63) is 11.6 Å². The molecule has 0 aromatic carbocycles. The van der Waals surface area contributed by atoms with E-state index >= 15 is 0 Å². The van der Waals surface area contributed by atoms with Crippen molar-refractivity contribution >= 4 is 0 Å². The highest BCUT2D eigenvalue weighted by Gasteiger charge is 2.58. The maximum absolute atomic E-state index is 9.16. The molecule has 2 unspecified atom stereocenters. The Labute approximate surface area is 142 Å². The van der Waals surface area contributed by atoms with E-state index < -0.39 is 0 Å². The van der Waals surface area contributed by atoms with Crippen molar-refractivity contribution in [1.29, 1.82) is 5.26 Å². The van der Waals surface area contributed by atoms with E-state index in [1.807, 2.05) is 6.08 Å². The average Bonchev–Trinajstić information content (AvgIpc) is 2.84. The fourth-order valence-corrected chi connectivity index (χ4v) is 7.83. The Morgan fingerprint density at radius 3 is 2.61 bits per heavy atom. The summed E-state index contributed by atoms with van der Waals surface area (Å²) < 4.78 is 0. The normalized spacial score (nSPS) is 54.0. The summed E-state index contributed by atoms with van der Waals surface area (Å²) in [6, 6.07) is 2.34. The first kappa shape index (κ1) is 15.7. The summed E-state index contributed by atoms with van der Waals surface area (Å²) in [5.74, 6) is 4.69. The van der Waals surface area contributed by atoms with E-state index in [1.165, 1.54) is 63.4 Å². The van der Waals surface area contributed by atoms with Gasteiger partial charge in [0.1, 0.15) is 0 Å². The summed E-state index contributed by atoms with van der Waals surface area (Å²) in [5, 5.41) is 9.16. The van der Waals surface area contributed by atoms with Crippen LogP contribution >= 0.6 is 0 Å². The molecule has 0 saturated heterocycles. The lowest BCUT2D eigenvalue weighted by molar-refractivity contribution is -0.106. The molecule has 1 nitrogen and oxygen atoms in total. The van der Waals surface area contributed by atoms with Crippen molar-refractivity contribution in [2.24, 2.45) is 40.4 Å². The average molecular weight is 312 g/mol. The third kappa shape index (κ3) is 2.16. The third-order valence-corrected chi connectivity index (χ3v) is 8.95. The highest BCUT2D eigenvalue weighted by atomic mass is 14.6. The number of hydrogen-bond acceptors (Lipinski definition) is 1. The highest BCUT2D eigenvalue weighted by molar-refractivity contribution is 5.28. The zero-order valence-electron chi connectivity index (χ0n) is 15.3. The van der Waals surface area contributed by atoms with E-state index in [1.54, 1.807) is 0 Å². The predicted molar refractivity (Wildman–Crippen MR) is 94.6 cm³/mol. The molecule has 0 aromatic rings. The molecule has 0 N–H and O–H groups in total. The second-order valence-corrected chi connectivity index (χ2v) is 9.84. The molecular weight excluding hydrogens is 278 g/mol. The van der Waals surface area contributed by atoms with E-state index in [9.17, 15) is 0 Å². The van der Waals surface area contributed by atoms with Gasteiger partial charge in [-0.05, 0) is 91.8 Å². The van der Waals surface area contributed by atoms with Gasteiger partial charge >= 0.3 is 0 Å². The van der Waals surface area contributed by atoms with Crippen LogP contribution in [-0.4, -0.2) is 0 Å². The van der Waals surface area contributed by atoms with Crippen molar-refractivity contribution in [2.45, 2.75) is 78.6 Å². The number of nitrogens with zero attached hydrogens (tertiary/aromatic N) is 1. The van der Waals surface area contributed by atoms with Crippen LogP contribution in [0.5, 0.6) is 0 Å². The van der Waals surface area contributed by atoms with Crippen LogP contribution in [0.25, 0.3) is 0 Å². The first-order chi connectivity index (χ1) is 11.0. The van der Waals surface area contributed by atoms with Crippen LogP contribution in [0.4, 0.5) is 0 Å². The van der Waals surface area contributed by atoms with Crippen LogP contribution in [0.15, 0.2) is 11.6 Å². The summed E-state index contributed by atoms with van der Waals surface area (Å²) in [4.78, 5) is 0. The van der Waals surface area contributed by atoms with Crippen molar-refractivity contribution in [1.82, 2.24) is 0 Å². The SMILES string of the molecule is C[C@@H]1CC[C@H]2CC[C@H]3C4CC/C(=C/C#N)[C@@]4(C)CCC3[C@@]2(C)C1. The van der Waals surface area contributed by atoms with Gasteiger partial charge in [0, 0.05) is 6.08 Å². The van der Waals surface area contributed by atoms with Gasteiger partial charge in [0.2, 0.25) is 0 Å². The molecule has 7 atom stereocenters. The van der Waals surface area contributed by atoms with Crippen LogP contribution in [-0.2, 0) is 0 Å². The van der Waals surface area contributed by atoms with E-state index in [0.29, 0.717) is 10.8 Å². The molecule has 0 amide bonds. The molecule has 4 aliphatic carbocycles. The van der Waals surface area contributed by atoms with Gasteiger partial charge in [-0.2, -0.15) is 5.26 Å². The van der Waals surface area contributed by atoms with Gasteiger partial charge in [-0.1, -0.05) is 32.8 Å². The van der Waals surface area contributed by atoms with Gasteiger partial charge in [-0.3, -0.25) is 0 Å². The first-order valence-corrected chi connectivity index (χ1v) is 10.1. The van der Waals surface area contributed by atoms with E-state index in [0.717, 1.165) is 29.6 Å². The Morgan fingerprint density at radius 2 is 1.83 bits per heavy atom. The van der Waals surface area contributed by atoms with E-state index in [4.69, 9.17) is 5.26 Å². The molecule has 126 valence electrons. The van der Waals surface area contributed by atoms with Crippen molar-refractivity contribution < 1.29 is 0 Å². The van der Waals surface area contributed by atoms with Crippen LogP contribution in [0, 0.1) is 51.8 Å². The van der Waals surface area contributed by atoms with E-state index in [2.05, 4.69) is 26.8 Å². The quantitative estimate of drug-likeness (QED) is 0.495. The molecular formula is C22H33N. The summed E-state index contributed by atoms with van der Waals surface area (Å²) in [7, 11) is 0. The molecule has 0 bridgehead atoms.